The van der Waals surface area contributed by atoms with Crippen LogP contribution in [0.5, 0.6) is 0 Å². The summed E-state index contributed by atoms with van der Waals surface area (Å²) in [6.07, 6.45) is 8.49. The van der Waals surface area contributed by atoms with E-state index in [1.54, 1.807) is 18.5 Å². The maximum absolute atomic E-state index is 13.4. The second kappa shape index (κ2) is 13.3. The van der Waals surface area contributed by atoms with Gasteiger partial charge in [0.2, 0.25) is 0 Å². The lowest BCUT2D eigenvalue weighted by atomic mass is 9.85. The number of imidazole rings is 1. The van der Waals surface area contributed by atoms with Crippen molar-refractivity contribution in [2.45, 2.75) is 79.2 Å². The Hall–Kier alpha value is -2.13. The molecular formula is C25H37BrN4O. The molecule has 2 aromatic rings. The van der Waals surface area contributed by atoms with Gasteiger partial charge in [-0.25, -0.2) is 4.98 Å². The molecule has 31 heavy (non-hydrogen) atoms. The molecule has 0 saturated heterocycles. The highest BCUT2D eigenvalue weighted by molar-refractivity contribution is 9.10. The smallest absolute Gasteiger partial charge is 0.251 e. The van der Waals surface area contributed by atoms with Crippen LogP contribution in [0.1, 0.15) is 84.0 Å². The first-order chi connectivity index (χ1) is 14.9. The van der Waals surface area contributed by atoms with Gasteiger partial charge in [-0.05, 0) is 37.3 Å². The van der Waals surface area contributed by atoms with Crippen molar-refractivity contribution in [2.24, 2.45) is 5.92 Å². The Morgan fingerprint density at radius 1 is 1.35 bits per heavy atom. The number of benzene rings is 1. The van der Waals surface area contributed by atoms with E-state index in [9.17, 15) is 4.79 Å². The van der Waals surface area contributed by atoms with E-state index in [1.165, 1.54) is 6.42 Å². The molecule has 0 bridgehead atoms. The number of rotatable bonds is 6. The molecule has 2 atom stereocenters. The van der Waals surface area contributed by atoms with Gasteiger partial charge in [-0.2, -0.15) is 5.26 Å². The van der Waals surface area contributed by atoms with Crippen molar-refractivity contribution in [1.29, 1.82) is 5.26 Å². The SMILES string of the molecule is CC.CCC.CCCC(C)CNC(=O)C1(c2ccc(C#N)cc2Br)CCc2cncn21. The van der Waals surface area contributed by atoms with Crippen LogP contribution in [0.25, 0.3) is 0 Å². The predicted molar refractivity (Wildman–Crippen MR) is 131 cm³/mol. The largest absolute Gasteiger partial charge is 0.353 e. The Morgan fingerprint density at radius 3 is 2.61 bits per heavy atom. The summed E-state index contributed by atoms with van der Waals surface area (Å²) in [6.45, 7) is 13.2. The van der Waals surface area contributed by atoms with Crippen LogP contribution in [-0.2, 0) is 16.8 Å². The number of aryl methyl sites for hydroxylation is 1. The molecule has 0 spiro atoms. The van der Waals surface area contributed by atoms with Crippen molar-refractivity contribution in [3.8, 4) is 6.07 Å². The number of fused-ring (bicyclic) bond motifs is 1. The second-order valence-electron chi connectivity index (χ2n) is 7.73. The number of hydrogen-bond acceptors (Lipinski definition) is 3. The quantitative estimate of drug-likeness (QED) is 0.525. The van der Waals surface area contributed by atoms with Crippen molar-refractivity contribution in [3.05, 3.63) is 52.0 Å². The molecule has 1 aliphatic rings. The third-order valence-electron chi connectivity index (χ3n) is 5.18. The van der Waals surface area contributed by atoms with E-state index >= 15 is 0 Å². The normalized spacial score (nSPS) is 17.2. The summed E-state index contributed by atoms with van der Waals surface area (Å²) in [5, 5.41) is 12.3. The van der Waals surface area contributed by atoms with E-state index in [0.717, 1.165) is 35.0 Å². The van der Waals surface area contributed by atoms with Crippen LogP contribution in [-0.4, -0.2) is 22.0 Å². The van der Waals surface area contributed by atoms with Crippen LogP contribution in [0.15, 0.2) is 35.2 Å². The van der Waals surface area contributed by atoms with Gasteiger partial charge in [-0.1, -0.05) is 76.4 Å². The van der Waals surface area contributed by atoms with Crippen LogP contribution in [0.4, 0.5) is 0 Å². The Morgan fingerprint density at radius 2 is 2.03 bits per heavy atom. The second-order valence-corrected chi connectivity index (χ2v) is 8.59. The molecule has 1 amide bonds. The molecule has 3 rings (SSSR count). The van der Waals surface area contributed by atoms with Crippen molar-refractivity contribution in [2.75, 3.05) is 6.54 Å². The highest BCUT2D eigenvalue weighted by Crippen LogP contribution is 2.41. The molecule has 6 heteroatoms. The van der Waals surface area contributed by atoms with Gasteiger partial charge in [0.1, 0.15) is 0 Å². The molecule has 0 radical (unpaired) electrons. The number of amides is 1. The molecule has 2 unspecified atom stereocenters. The number of aromatic nitrogens is 2. The summed E-state index contributed by atoms with van der Waals surface area (Å²) in [7, 11) is 0. The number of hydrogen-bond donors (Lipinski definition) is 1. The van der Waals surface area contributed by atoms with Gasteiger partial charge in [0.25, 0.3) is 5.91 Å². The Labute approximate surface area is 196 Å². The summed E-state index contributed by atoms with van der Waals surface area (Å²) in [4.78, 5) is 17.6. The monoisotopic (exact) mass is 488 g/mol. The summed E-state index contributed by atoms with van der Waals surface area (Å²) in [6, 6.07) is 7.57. The third-order valence-corrected chi connectivity index (χ3v) is 5.84. The number of carbonyl (C=O) groups excluding carboxylic acids is 1. The molecule has 1 aromatic heterocycles. The van der Waals surface area contributed by atoms with Crippen LogP contribution < -0.4 is 5.32 Å². The van der Waals surface area contributed by atoms with Gasteiger partial charge >= 0.3 is 0 Å². The van der Waals surface area contributed by atoms with E-state index in [1.807, 2.05) is 30.7 Å². The maximum Gasteiger partial charge on any atom is 0.251 e. The van der Waals surface area contributed by atoms with E-state index in [4.69, 9.17) is 5.26 Å². The van der Waals surface area contributed by atoms with Crippen LogP contribution in [0.3, 0.4) is 0 Å². The van der Waals surface area contributed by atoms with Crippen molar-refractivity contribution < 1.29 is 4.79 Å². The van der Waals surface area contributed by atoms with E-state index in [2.05, 4.69) is 60.0 Å². The first-order valence-corrected chi connectivity index (χ1v) is 12.2. The zero-order chi connectivity index (χ0) is 23.4. The van der Waals surface area contributed by atoms with Crippen molar-refractivity contribution >= 4 is 21.8 Å². The Balaban J connectivity index is 0.000000884. The zero-order valence-corrected chi connectivity index (χ0v) is 21.4. The fourth-order valence-electron chi connectivity index (χ4n) is 3.82. The molecule has 5 nitrogen and oxygen atoms in total. The lowest BCUT2D eigenvalue weighted by Gasteiger charge is -2.32. The minimum absolute atomic E-state index is 0.0115. The zero-order valence-electron chi connectivity index (χ0n) is 19.8. The van der Waals surface area contributed by atoms with Crippen molar-refractivity contribution in [1.82, 2.24) is 14.9 Å². The summed E-state index contributed by atoms with van der Waals surface area (Å²) < 4.78 is 2.76. The molecule has 0 saturated carbocycles. The Kier molecular flexibility index (Phi) is 11.6. The van der Waals surface area contributed by atoms with Gasteiger partial charge in [-0.3, -0.25) is 4.79 Å². The average molecular weight is 490 g/mol. The molecule has 1 aliphatic heterocycles. The highest BCUT2D eigenvalue weighted by atomic mass is 79.9. The van der Waals surface area contributed by atoms with E-state index in [0.29, 0.717) is 24.4 Å². The highest BCUT2D eigenvalue weighted by Gasteiger charge is 2.47. The van der Waals surface area contributed by atoms with Crippen LogP contribution >= 0.6 is 15.9 Å². The number of nitrogens with one attached hydrogen (secondary N) is 1. The molecule has 170 valence electrons. The fraction of sp³-hybridized carbons (Fsp3) is 0.560. The van der Waals surface area contributed by atoms with Crippen LogP contribution in [0, 0.1) is 17.2 Å². The van der Waals surface area contributed by atoms with E-state index < -0.39 is 5.54 Å². The Bertz CT molecular complexity index is 871. The molecular weight excluding hydrogens is 452 g/mol. The summed E-state index contributed by atoms with van der Waals surface area (Å²) in [5.74, 6) is 0.427. The first kappa shape index (κ1) is 26.9. The number of carbonyl (C=O) groups is 1. The minimum Gasteiger partial charge on any atom is -0.353 e. The van der Waals surface area contributed by atoms with Gasteiger partial charge in [0.05, 0.1) is 18.0 Å². The fourth-order valence-corrected chi connectivity index (χ4v) is 4.53. The van der Waals surface area contributed by atoms with Gasteiger partial charge in [0, 0.05) is 28.5 Å². The maximum atomic E-state index is 13.4. The summed E-state index contributed by atoms with van der Waals surface area (Å²) in [5.41, 5.74) is 1.66. The predicted octanol–water partition coefficient (Wildman–Crippen LogP) is 6.20. The third kappa shape index (κ3) is 6.20. The average Bonchev–Trinajstić information content (AvgIpc) is 3.38. The molecule has 0 fully saturated rings. The lowest BCUT2D eigenvalue weighted by molar-refractivity contribution is -0.128. The number of nitriles is 1. The molecule has 2 heterocycles. The first-order valence-electron chi connectivity index (χ1n) is 11.4. The topological polar surface area (TPSA) is 70.7 Å². The van der Waals surface area contributed by atoms with Crippen molar-refractivity contribution in [3.63, 3.8) is 0 Å². The molecule has 0 aliphatic carbocycles. The van der Waals surface area contributed by atoms with Crippen LogP contribution in [0.2, 0.25) is 0 Å². The van der Waals surface area contributed by atoms with Gasteiger partial charge < -0.3 is 9.88 Å². The standard InChI is InChI=1S/C20H23BrN4O.C3H8.C2H6/c1-3-4-14(2)11-24-19(26)20(8-7-16-12-23-13-25(16)20)17-6-5-15(10-22)9-18(17)21;1-3-2;1-2/h5-6,9,12-14H,3-4,7-8,11H2,1-2H3,(H,24,26);3H2,1-2H3;1-2H3. The lowest BCUT2D eigenvalue weighted by Crippen LogP contribution is -2.48. The van der Waals surface area contributed by atoms with E-state index in [-0.39, 0.29) is 5.91 Å². The minimum atomic E-state index is -0.829. The molecule has 1 N–H and O–H groups in total. The number of nitrogens with zero attached hydrogens (tertiary/aromatic N) is 3. The van der Waals surface area contributed by atoms with Gasteiger partial charge in [0.15, 0.2) is 5.54 Å². The summed E-state index contributed by atoms with van der Waals surface area (Å²) >= 11 is 3.58. The molecule has 1 aromatic carbocycles. The van der Waals surface area contributed by atoms with Gasteiger partial charge in [-0.15, -0.1) is 0 Å². The number of halogens is 1.